The van der Waals surface area contributed by atoms with Gasteiger partial charge in [-0.25, -0.2) is 4.98 Å². The summed E-state index contributed by atoms with van der Waals surface area (Å²) < 4.78 is 4.98. The minimum Gasteiger partial charge on any atom is -0.500 e. The predicted molar refractivity (Wildman–Crippen MR) is 102 cm³/mol. The maximum absolute atomic E-state index is 11.1. The molecule has 0 bridgehead atoms. The van der Waals surface area contributed by atoms with E-state index in [-0.39, 0.29) is 11.3 Å². The van der Waals surface area contributed by atoms with Crippen molar-refractivity contribution in [2.24, 2.45) is 0 Å². The number of nitrogens with zero attached hydrogens (tertiary/aromatic N) is 3. The molecule has 0 radical (unpaired) electrons. The Kier molecular flexibility index (Phi) is 5.15. The quantitative estimate of drug-likeness (QED) is 0.397. The van der Waals surface area contributed by atoms with Gasteiger partial charge in [0.25, 0.3) is 0 Å². The van der Waals surface area contributed by atoms with Crippen LogP contribution in [-0.2, 0) is 0 Å². The first-order valence-corrected chi connectivity index (χ1v) is 8.60. The molecule has 0 spiro atoms. The molecular formula is C19H13N3O4S. The predicted octanol–water partition coefficient (Wildman–Crippen LogP) is 4.50. The molecule has 1 N–H and O–H groups in total. The average molecular weight is 379 g/mol. The Morgan fingerprint density at radius 3 is 2.74 bits per heavy atom. The number of nitriles is 1. The van der Waals surface area contributed by atoms with Crippen LogP contribution >= 0.6 is 11.3 Å². The molecule has 134 valence electrons. The van der Waals surface area contributed by atoms with Crippen LogP contribution in [0, 0.1) is 21.4 Å². The van der Waals surface area contributed by atoms with E-state index in [2.05, 4.69) is 11.1 Å². The van der Waals surface area contributed by atoms with Crippen LogP contribution in [0.5, 0.6) is 11.5 Å². The van der Waals surface area contributed by atoms with Gasteiger partial charge >= 0.3 is 5.69 Å². The highest BCUT2D eigenvalue weighted by Crippen LogP contribution is 2.38. The second kappa shape index (κ2) is 7.68. The fourth-order valence-electron chi connectivity index (χ4n) is 2.44. The van der Waals surface area contributed by atoms with Gasteiger partial charge in [-0.05, 0) is 17.7 Å². The highest BCUT2D eigenvalue weighted by Gasteiger charge is 2.20. The first kappa shape index (κ1) is 18.1. The minimum atomic E-state index is -0.710. The number of thiazole rings is 1. The van der Waals surface area contributed by atoms with Crippen LogP contribution in [-0.4, -0.2) is 22.1 Å². The second-order valence-corrected chi connectivity index (χ2v) is 6.28. The smallest absolute Gasteiger partial charge is 0.315 e. The van der Waals surface area contributed by atoms with Crippen LogP contribution < -0.4 is 4.74 Å². The van der Waals surface area contributed by atoms with Gasteiger partial charge in [0.05, 0.1) is 23.3 Å². The maximum atomic E-state index is 11.1. The van der Waals surface area contributed by atoms with Crippen molar-refractivity contribution in [3.63, 3.8) is 0 Å². The van der Waals surface area contributed by atoms with Crippen molar-refractivity contribution in [1.29, 1.82) is 5.26 Å². The summed E-state index contributed by atoms with van der Waals surface area (Å²) in [7, 11) is 1.30. The molecule has 0 aliphatic carbocycles. The van der Waals surface area contributed by atoms with Crippen LogP contribution in [0.3, 0.4) is 0 Å². The summed E-state index contributed by atoms with van der Waals surface area (Å²) in [5, 5.41) is 32.8. The lowest BCUT2D eigenvalue weighted by Gasteiger charge is -2.05. The Labute approximate surface area is 158 Å². The first-order valence-electron chi connectivity index (χ1n) is 7.72. The van der Waals surface area contributed by atoms with Gasteiger partial charge in [0.1, 0.15) is 11.1 Å². The van der Waals surface area contributed by atoms with Crippen LogP contribution in [0.2, 0.25) is 0 Å². The summed E-state index contributed by atoms with van der Waals surface area (Å²) in [5.74, 6) is -0.601. The molecule has 0 fully saturated rings. The third-order valence-corrected chi connectivity index (χ3v) is 4.60. The van der Waals surface area contributed by atoms with Gasteiger partial charge in [-0.3, -0.25) is 10.1 Å². The Morgan fingerprint density at radius 2 is 2.11 bits per heavy atom. The number of aromatic nitrogens is 1. The van der Waals surface area contributed by atoms with E-state index in [1.54, 1.807) is 0 Å². The zero-order chi connectivity index (χ0) is 19.4. The normalized spacial score (nSPS) is 11.0. The lowest BCUT2D eigenvalue weighted by Crippen LogP contribution is -1.93. The lowest BCUT2D eigenvalue weighted by atomic mass is 10.1. The van der Waals surface area contributed by atoms with Crippen LogP contribution in [0.1, 0.15) is 10.6 Å². The minimum absolute atomic E-state index is 0.0446. The summed E-state index contributed by atoms with van der Waals surface area (Å²) in [4.78, 5) is 14.9. The van der Waals surface area contributed by atoms with Gasteiger partial charge in [-0.2, -0.15) is 5.26 Å². The largest absolute Gasteiger partial charge is 0.500 e. The molecule has 0 aliphatic rings. The van der Waals surface area contributed by atoms with E-state index in [0.29, 0.717) is 10.6 Å². The number of ether oxygens (including phenoxy) is 1. The van der Waals surface area contributed by atoms with Gasteiger partial charge in [0.2, 0.25) is 5.75 Å². The zero-order valence-corrected chi connectivity index (χ0v) is 14.9. The zero-order valence-electron chi connectivity index (χ0n) is 14.1. The summed E-state index contributed by atoms with van der Waals surface area (Å²) >= 11 is 1.30. The second-order valence-electron chi connectivity index (χ2n) is 5.42. The Bertz CT molecular complexity index is 1070. The number of phenols is 1. The number of rotatable bonds is 5. The molecule has 0 atom stereocenters. The number of hydrogen-bond donors (Lipinski definition) is 1. The number of nitro groups is 1. The average Bonchev–Trinajstić information content (AvgIpc) is 3.17. The molecule has 7 nitrogen and oxygen atoms in total. The molecule has 0 aliphatic heterocycles. The lowest BCUT2D eigenvalue weighted by molar-refractivity contribution is -0.386. The SMILES string of the molecule is COc1cc(/C=C(\C#N)c2nc(-c3ccccc3)cs2)cc([N+](=O)[O-])c1O. The molecule has 1 aromatic heterocycles. The molecule has 3 aromatic rings. The van der Waals surface area contributed by atoms with E-state index < -0.39 is 16.4 Å². The highest BCUT2D eigenvalue weighted by molar-refractivity contribution is 7.11. The van der Waals surface area contributed by atoms with Gasteiger partial charge < -0.3 is 9.84 Å². The molecule has 0 amide bonds. The Balaban J connectivity index is 2.03. The van der Waals surface area contributed by atoms with Crippen molar-refractivity contribution in [2.75, 3.05) is 7.11 Å². The monoisotopic (exact) mass is 379 g/mol. The van der Waals surface area contributed by atoms with Crippen LogP contribution in [0.4, 0.5) is 5.69 Å². The molecule has 3 rings (SSSR count). The summed E-state index contributed by atoms with van der Waals surface area (Å²) in [6.45, 7) is 0. The molecule has 8 heteroatoms. The van der Waals surface area contributed by atoms with E-state index in [0.717, 1.165) is 11.3 Å². The molecule has 2 aromatic carbocycles. The topological polar surface area (TPSA) is 109 Å². The fourth-order valence-corrected chi connectivity index (χ4v) is 3.23. The van der Waals surface area contributed by atoms with Crippen molar-refractivity contribution in [3.05, 3.63) is 68.5 Å². The van der Waals surface area contributed by atoms with Crippen molar-refractivity contribution >= 4 is 28.7 Å². The van der Waals surface area contributed by atoms with Gasteiger partial charge in [0, 0.05) is 17.0 Å². The molecule has 27 heavy (non-hydrogen) atoms. The van der Waals surface area contributed by atoms with Gasteiger partial charge in [-0.15, -0.1) is 11.3 Å². The fraction of sp³-hybridized carbons (Fsp3) is 0.0526. The van der Waals surface area contributed by atoms with Crippen molar-refractivity contribution in [2.45, 2.75) is 0 Å². The maximum Gasteiger partial charge on any atom is 0.315 e. The van der Waals surface area contributed by atoms with E-state index in [9.17, 15) is 20.5 Å². The molecular weight excluding hydrogens is 366 g/mol. The summed E-state index contributed by atoms with van der Waals surface area (Å²) in [6.07, 6.45) is 1.47. The summed E-state index contributed by atoms with van der Waals surface area (Å²) in [5.41, 5.74) is 1.78. The summed E-state index contributed by atoms with van der Waals surface area (Å²) in [6, 6.07) is 14.2. The number of nitro benzene ring substituents is 1. The van der Waals surface area contributed by atoms with E-state index >= 15 is 0 Å². The number of hydrogen-bond acceptors (Lipinski definition) is 7. The molecule has 1 heterocycles. The molecule has 0 unspecified atom stereocenters. The van der Waals surface area contributed by atoms with Gasteiger partial charge in [0.15, 0.2) is 5.75 Å². The highest BCUT2D eigenvalue weighted by atomic mass is 32.1. The first-order chi connectivity index (χ1) is 13.0. The van der Waals surface area contributed by atoms with Crippen molar-refractivity contribution < 1.29 is 14.8 Å². The number of phenolic OH excluding ortho intramolecular Hbond substituents is 1. The third kappa shape index (κ3) is 3.78. The van der Waals surface area contributed by atoms with Crippen LogP contribution in [0.15, 0.2) is 47.8 Å². The van der Waals surface area contributed by atoms with Gasteiger partial charge in [-0.1, -0.05) is 30.3 Å². The number of methoxy groups -OCH3 is 1. The number of allylic oxidation sites excluding steroid dienone is 1. The van der Waals surface area contributed by atoms with Crippen LogP contribution in [0.25, 0.3) is 22.9 Å². The standard InChI is InChI=1S/C19H13N3O4S/c1-26-17-9-12(8-16(18(17)23)22(24)25)7-14(10-20)19-21-15(11-27-19)13-5-3-2-4-6-13/h2-9,11,23H,1H3/b14-7+. The Morgan fingerprint density at radius 1 is 1.37 bits per heavy atom. The van der Waals surface area contributed by atoms with E-state index in [1.165, 1.54) is 36.7 Å². The third-order valence-electron chi connectivity index (χ3n) is 3.73. The van der Waals surface area contributed by atoms with E-state index in [1.807, 2.05) is 35.7 Å². The molecule has 0 saturated carbocycles. The number of aromatic hydroxyl groups is 1. The van der Waals surface area contributed by atoms with Crippen molar-refractivity contribution in [3.8, 4) is 28.8 Å². The number of benzene rings is 2. The van der Waals surface area contributed by atoms with Crippen molar-refractivity contribution in [1.82, 2.24) is 4.98 Å². The molecule has 0 saturated heterocycles. The van der Waals surface area contributed by atoms with E-state index in [4.69, 9.17) is 4.74 Å². The Hall–Kier alpha value is -3.70.